The highest BCUT2D eigenvalue weighted by molar-refractivity contribution is 6.35. The topological polar surface area (TPSA) is 0 Å². The van der Waals surface area contributed by atoms with Crippen LogP contribution in [0.3, 0.4) is 0 Å². The van der Waals surface area contributed by atoms with E-state index in [-0.39, 0.29) is 0 Å². The number of halogens is 2. The summed E-state index contributed by atoms with van der Waals surface area (Å²) in [5, 5.41) is 1.46. The lowest BCUT2D eigenvalue weighted by molar-refractivity contribution is 1.58. The summed E-state index contributed by atoms with van der Waals surface area (Å²) in [4.78, 5) is 0. The molecule has 20 heavy (non-hydrogen) atoms. The molecule has 0 spiro atoms. The van der Waals surface area contributed by atoms with Gasteiger partial charge in [-0.1, -0.05) is 83.9 Å². The lowest BCUT2D eigenvalue weighted by Crippen LogP contribution is -1.87. The van der Waals surface area contributed by atoms with Gasteiger partial charge in [-0.25, -0.2) is 0 Å². The Labute approximate surface area is 128 Å². The molecule has 0 amide bonds. The van der Waals surface area contributed by atoms with Gasteiger partial charge in [-0.2, -0.15) is 0 Å². The summed E-state index contributed by atoms with van der Waals surface area (Å²) in [5.74, 6) is 0. The van der Waals surface area contributed by atoms with Crippen LogP contribution in [0.4, 0.5) is 0 Å². The van der Waals surface area contributed by atoms with E-state index in [2.05, 4.69) is 18.2 Å². The molecule has 0 aromatic heterocycles. The van der Waals surface area contributed by atoms with Crippen LogP contribution in [-0.2, 0) is 0 Å². The lowest BCUT2D eigenvalue weighted by atomic mass is 9.94. The van der Waals surface area contributed by atoms with Crippen LogP contribution in [0.1, 0.15) is 0 Å². The molecule has 2 heteroatoms. The fourth-order valence-electron chi connectivity index (χ4n) is 2.33. The maximum atomic E-state index is 6.42. The van der Waals surface area contributed by atoms with E-state index < -0.39 is 0 Å². The fraction of sp³-hybridized carbons (Fsp3) is 0. The van der Waals surface area contributed by atoms with Crippen molar-refractivity contribution < 1.29 is 0 Å². The summed E-state index contributed by atoms with van der Waals surface area (Å²) in [6.45, 7) is 0. The normalized spacial score (nSPS) is 10.5. The second kappa shape index (κ2) is 5.70. The molecular formula is C18H12Cl2. The van der Waals surface area contributed by atoms with E-state index in [1.165, 1.54) is 0 Å². The Morgan fingerprint density at radius 1 is 0.500 bits per heavy atom. The van der Waals surface area contributed by atoms with E-state index in [9.17, 15) is 0 Å². The molecule has 3 aromatic carbocycles. The molecule has 3 aromatic rings. The van der Waals surface area contributed by atoms with Crippen molar-refractivity contribution >= 4 is 23.2 Å². The molecule has 0 saturated carbocycles. The predicted molar refractivity (Wildman–Crippen MR) is 87.3 cm³/mol. The number of benzene rings is 3. The highest BCUT2D eigenvalue weighted by atomic mass is 35.5. The van der Waals surface area contributed by atoms with Gasteiger partial charge in [-0.05, 0) is 23.3 Å². The first kappa shape index (κ1) is 13.2. The molecule has 0 nitrogen and oxygen atoms in total. The van der Waals surface area contributed by atoms with Gasteiger partial charge >= 0.3 is 0 Å². The summed E-state index contributed by atoms with van der Waals surface area (Å²) < 4.78 is 0. The average molecular weight is 299 g/mol. The fourth-order valence-corrected chi connectivity index (χ4v) is 2.85. The zero-order chi connectivity index (χ0) is 13.9. The molecular weight excluding hydrogens is 287 g/mol. The quantitative estimate of drug-likeness (QED) is 0.519. The number of hydrogen-bond donors (Lipinski definition) is 0. The van der Waals surface area contributed by atoms with E-state index in [0.29, 0.717) is 0 Å². The molecule has 0 saturated heterocycles. The lowest BCUT2D eigenvalue weighted by Gasteiger charge is -2.13. The molecule has 0 aliphatic heterocycles. The molecule has 0 aliphatic rings. The molecule has 0 N–H and O–H groups in total. The van der Waals surface area contributed by atoms with E-state index in [4.69, 9.17) is 23.2 Å². The van der Waals surface area contributed by atoms with Gasteiger partial charge in [-0.15, -0.1) is 0 Å². The van der Waals surface area contributed by atoms with Crippen LogP contribution in [0.15, 0.2) is 72.8 Å². The van der Waals surface area contributed by atoms with E-state index in [1.54, 1.807) is 0 Å². The Bertz CT molecular complexity index is 733. The van der Waals surface area contributed by atoms with Crippen LogP contribution in [0, 0.1) is 0 Å². The Kier molecular flexibility index (Phi) is 3.77. The van der Waals surface area contributed by atoms with Crippen molar-refractivity contribution in [2.45, 2.75) is 0 Å². The van der Waals surface area contributed by atoms with Crippen molar-refractivity contribution in [3.63, 3.8) is 0 Å². The number of hydrogen-bond acceptors (Lipinski definition) is 0. The highest BCUT2D eigenvalue weighted by Gasteiger charge is 2.12. The first-order chi connectivity index (χ1) is 9.77. The third-order valence-corrected chi connectivity index (χ3v) is 3.88. The minimum Gasteiger partial charge on any atom is -0.0837 e. The van der Waals surface area contributed by atoms with E-state index in [0.717, 1.165) is 32.3 Å². The predicted octanol–water partition coefficient (Wildman–Crippen LogP) is 6.33. The molecule has 98 valence electrons. The summed E-state index contributed by atoms with van der Waals surface area (Å²) in [6.07, 6.45) is 0. The van der Waals surface area contributed by atoms with Crippen molar-refractivity contribution in [2.24, 2.45) is 0 Å². The summed E-state index contributed by atoms with van der Waals surface area (Å²) in [7, 11) is 0. The smallest absolute Gasteiger partial charge is 0.0490 e. The summed E-state index contributed by atoms with van der Waals surface area (Å²) in [6, 6.07) is 23.9. The largest absolute Gasteiger partial charge is 0.0837 e. The van der Waals surface area contributed by atoms with Crippen LogP contribution in [0.2, 0.25) is 10.0 Å². The minimum atomic E-state index is 0.729. The number of rotatable bonds is 2. The van der Waals surface area contributed by atoms with Crippen molar-refractivity contribution in [3.8, 4) is 22.3 Å². The van der Waals surface area contributed by atoms with Crippen molar-refractivity contribution in [1.29, 1.82) is 0 Å². The summed E-state index contributed by atoms with van der Waals surface area (Å²) >= 11 is 12.8. The second-order valence-electron chi connectivity index (χ2n) is 4.51. The van der Waals surface area contributed by atoms with Gasteiger partial charge in [0.25, 0.3) is 0 Å². The van der Waals surface area contributed by atoms with Gasteiger partial charge in [-0.3, -0.25) is 0 Å². The van der Waals surface area contributed by atoms with E-state index in [1.807, 2.05) is 54.6 Å². The molecule has 0 unspecified atom stereocenters. The van der Waals surface area contributed by atoms with Gasteiger partial charge in [0.15, 0.2) is 0 Å². The highest BCUT2D eigenvalue weighted by Crippen LogP contribution is 2.39. The molecule has 0 atom stereocenters. The molecule has 0 aliphatic carbocycles. The minimum absolute atomic E-state index is 0.729. The molecule has 3 rings (SSSR count). The maximum Gasteiger partial charge on any atom is 0.0490 e. The van der Waals surface area contributed by atoms with Gasteiger partial charge in [0.2, 0.25) is 0 Å². The van der Waals surface area contributed by atoms with Crippen LogP contribution in [0.25, 0.3) is 22.3 Å². The Morgan fingerprint density at radius 3 is 1.85 bits per heavy atom. The van der Waals surface area contributed by atoms with Crippen LogP contribution in [0.5, 0.6) is 0 Å². The van der Waals surface area contributed by atoms with Gasteiger partial charge < -0.3 is 0 Å². The molecule has 0 bridgehead atoms. The average Bonchev–Trinajstić information content (AvgIpc) is 2.48. The first-order valence-corrected chi connectivity index (χ1v) is 7.12. The standard InChI is InChI=1S/C18H12Cl2/c19-16-11-5-4-9-14(16)15-10-6-12-17(20)18(15)13-7-2-1-3-8-13/h1-12H. The van der Waals surface area contributed by atoms with Crippen LogP contribution in [-0.4, -0.2) is 0 Å². The van der Waals surface area contributed by atoms with Crippen LogP contribution < -0.4 is 0 Å². The Morgan fingerprint density at radius 2 is 1.10 bits per heavy atom. The molecule has 0 heterocycles. The van der Waals surface area contributed by atoms with Crippen molar-refractivity contribution in [2.75, 3.05) is 0 Å². The maximum absolute atomic E-state index is 6.42. The Hall–Kier alpha value is -1.76. The van der Waals surface area contributed by atoms with Crippen molar-refractivity contribution in [3.05, 3.63) is 82.8 Å². The van der Waals surface area contributed by atoms with E-state index >= 15 is 0 Å². The monoisotopic (exact) mass is 298 g/mol. The first-order valence-electron chi connectivity index (χ1n) is 6.36. The van der Waals surface area contributed by atoms with Crippen molar-refractivity contribution in [1.82, 2.24) is 0 Å². The van der Waals surface area contributed by atoms with Gasteiger partial charge in [0, 0.05) is 21.2 Å². The molecule has 0 radical (unpaired) electrons. The summed E-state index contributed by atoms with van der Waals surface area (Å²) in [5.41, 5.74) is 4.15. The third kappa shape index (κ3) is 2.45. The second-order valence-corrected chi connectivity index (χ2v) is 5.32. The molecule has 0 fully saturated rings. The SMILES string of the molecule is Clc1ccccc1-c1cccc(Cl)c1-c1ccccc1. The van der Waals surface area contributed by atoms with Gasteiger partial charge in [0.05, 0.1) is 0 Å². The third-order valence-electron chi connectivity index (χ3n) is 3.24. The van der Waals surface area contributed by atoms with Crippen LogP contribution >= 0.6 is 23.2 Å². The van der Waals surface area contributed by atoms with Gasteiger partial charge in [0.1, 0.15) is 0 Å². The zero-order valence-corrected chi connectivity index (χ0v) is 12.2. The Balaban J connectivity index is 2.28. The zero-order valence-electron chi connectivity index (χ0n) is 10.7.